The predicted octanol–water partition coefficient (Wildman–Crippen LogP) is 3.65. The molecule has 2 aliphatic rings. The normalized spacial score (nSPS) is 17.6. The predicted molar refractivity (Wildman–Crippen MR) is 113 cm³/mol. The van der Waals surface area contributed by atoms with Gasteiger partial charge in [-0.25, -0.2) is 9.89 Å². The first-order valence-electron chi connectivity index (χ1n) is 9.04. The van der Waals surface area contributed by atoms with Gasteiger partial charge in [-0.15, -0.1) is 0 Å². The summed E-state index contributed by atoms with van der Waals surface area (Å²) in [5, 5.41) is 3.39. The van der Waals surface area contributed by atoms with E-state index in [-0.39, 0.29) is 17.6 Å². The fourth-order valence-corrected chi connectivity index (χ4v) is 3.92. The van der Waals surface area contributed by atoms with Crippen LogP contribution in [0.15, 0.2) is 52.4 Å². The third-order valence-corrected chi connectivity index (χ3v) is 5.72. The lowest BCUT2D eigenvalue weighted by molar-refractivity contribution is -0.124. The Labute approximate surface area is 167 Å². The molecule has 0 spiro atoms. The standard InChI is InChI=1S/C21H20N4O2S/c1-12-8-9-15(10-13(12)2)23-18(26)11-28-21-24-17-7-5-4-6-16(17)19-22-14(3)20(27)25(19)21/h4-10,14H,11H2,1-3H3,(H,23,26). The number of nitrogens with one attached hydrogen (secondary N) is 1. The van der Waals surface area contributed by atoms with E-state index in [1.54, 1.807) is 6.92 Å². The van der Waals surface area contributed by atoms with Gasteiger partial charge in [0.1, 0.15) is 11.9 Å². The zero-order valence-corrected chi connectivity index (χ0v) is 16.7. The molecule has 2 amide bonds. The van der Waals surface area contributed by atoms with Crippen molar-refractivity contribution in [2.24, 2.45) is 9.98 Å². The second kappa shape index (κ2) is 7.24. The van der Waals surface area contributed by atoms with Crippen LogP contribution in [0.2, 0.25) is 0 Å². The topological polar surface area (TPSA) is 74.1 Å². The lowest BCUT2D eigenvalue weighted by Gasteiger charge is -2.25. The Balaban J connectivity index is 1.52. The van der Waals surface area contributed by atoms with E-state index in [1.165, 1.54) is 22.2 Å². The molecule has 0 saturated heterocycles. The first-order valence-corrected chi connectivity index (χ1v) is 10.0. The summed E-state index contributed by atoms with van der Waals surface area (Å²) in [4.78, 5) is 35.6. The molecule has 1 N–H and O–H groups in total. The minimum Gasteiger partial charge on any atom is -0.325 e. The van der Waals surface area contributed by atoms with Crippen LogP contribution in [0.3, 0.4) is 0 Å². The molecule has 7 heteroatoms. The number of benzene rings is 2. The van der Waals surface area contributed by atoms with Gasteiger partial charge < -0.3 is 5.32 Å². The maximum Gasteiger partial charge on any atom is 0.258 e. The number of nitrogens with zero attached hydrogens (tertiary/aromatic N) is 3. The van der Waals surface area contributed by atoms with Gasteiger partial charge >= 0.3 is 0 Å². The molecule has 0 bridgehead atoms. The maximum absolute atomic E-state index is 12.6. The highest BCUT2D eigenvalue weighted by Crippen LogP contribution is 2.33. The number of fused-ring (bicyclic) bond motifs is 3. The molecule has 2 aromatic carbocycles. The van der Waals surface area contributed by atoms with Gasteiger partial charge in [-0.05, 0) is 56.2 Å². The van der Waals surface area contributed by atoms with Crippen LogP contribution in [0.4, 0.5) is 11.4 Å². The summed E-state index contributed by atoms with van der Waals surface area (Å²) >= 11 is 1.24. The second-order valence-electron chi connectivity index (χ2n) is 6.85. The molecule has 142 valence electrons. The molecule has 0 aliphatic carbocycles. The van der Waals surface area contributed by atoms with E-state index in [2.05, 4.69) is 15.3 Å². The van der Waals surface area contributed by atoms with E-state index in [1.807, 2.05) is 56.3 Å². The van der Waals surface area contributed by atoms with Crippen molar-refractivity contribution in [1.82, 2.24) is 4.90 Å². The van der Waals surface area contributed by atoms with E-state index < -0.39 is 6.04 Å². The second-order valence-corrected chi connectivity index (χ2v) is 7.79. The molecule has 2 aromatic rings. The number of carbonyl (C=O) groups excluding carboxylic acids is 2. The number of aryl methyl sites for hydroxylation is 2. The third-order valence-electron chi connectivity index (χ3n) is 4.78. The average molecular weight is 392 g/mol. The molecule has 28 heavy (non-hydrogen) atoms. The summed E-state index contributed by atoms with van der Waals surface area (Å²) in [7, 11) is 0. The maximum atomic E-state index is 12.6. The van der Waals surface area contributed by atoms with Crippen molar-refractivity contribution in [3.63, 3.8) is 0 Å². The molecular formula is C21H20N4O2S. The first kappa shape index (κ1) is 18.4. The summed E-state index contributed by atoms with van der Waals surface area (Å²) in [6.45, 7) is 5.81. The van der Waals surface area contributed by atoms with E-state index >= 15 is 0 Å². The highest BCUT2D eigenvalue weighted by atomic mass is 32.2. The number of carbonyl (C=O) groups is 2. The van der Waals surface area contributed by atoms with Gasteiger partial charge in [0.05, 0.1) is 11.4 Å². The minimum absolute atomic E-state index is 0.120. The molecule has 1 unspecified atom stereocenters. The van der Waals surface area contributed by atoms with E-state index in [4.69, 9.17) is 0 Å². The van der Waals surface area contributed by atoms with Crippen LogP contribution in [0.1, 0.15) is 23.6 Å². The van der Waals surface area contributed by atoms with Crippen molar-refractivity contribution in [3.05, 3.63) is 59.2 Å². The zero-order valence-electron chi connectivity index (χ0n) is 15.9. The van der Waals surface area contributed by atoms with Crippen LogP contribution in [-0.4, -0.2) is 39.5 Å². The Morgan fingerprint density at radius 1 is 1.18 bits per heavy atom. The van der Waals surface area contributed by atoms with Gasteiger partial charge in [0.25, 0.3) is 5.91 Å². The Morgan fingerprint density at radius 2 is 1.96 bits per heavy atom. The van der Waals surface area contributed by atoms with Crippen molar-refractivity contribution < 1.29 is 9.59 Å². The molecule has 6 nitrogen and oxygen atoms in total. The van der Waals surface area contributed by atoms with Gasteiger partial charge in [-0.3, -0.25) is 14.6 Å². The smallest absolute Gasteiger partial charge is 0.258 e. The van der Waals surface area contributed by atoms with Crippen molar-refractivity contribution in [3.8, 4) is 0 Å². The Kier molecular flexibility index (Phi) is 4.77. The lowest BCUT2D eigenvalue weighted by Crippen LogP contribution is -2.41. The van der Waals surface area contributed by atoms with E-state index in [0.29, 0.717) is 11.0 Å². The largest absolute Gasteiger partial charge is 0.325 e. The fourth-order valence-electron chi connectivity index (χ4n) is 3.12. The monoisotopic (exact) mass is 392 g/mol. The molecule has 2 heterocycles. The average Bonchev–Trinajstić information content (AvgIpc) is 2.98. The highest BCUT2D eigenvalue weighted by Gasteiger charge is 2.39. The summed E-state index contributed by atoms with van der Waals surface area (Å²) in [5.41, 5.74) is 4.66. The third kappa shape index (κ3) is 3.33. The van der Waals surface area contributed by atoms with Crippen LogP contribution in [0.5, 0.6) is 0 Å². The fraction of sp³-hybridized carbons (Fsp3) is 0.238. The molecule has 0 aromatic heterocycles. The summed E-state index contributed by atoms with van der Waals surface area (Å²) in [5.74, 6) is 0.498. The first-order chi connectivity index (χ1) is 13.4. The van der Waals surface area contributed by atoms with E-state index in [0.717, 1.165) is 22.5 Å². The summed E-state index contributed by atoms with van der Waals surface area (Å²) in [6, 6.07) is 13.0. The molecular weight excluding hydrogens is 372 g/mol. The van der Waals surface area contributed by atoms with Crippen molar-refractivity contribution >= 4 is 46.0 Å². The number of hydrogen-bond donors (Lipinski definition) is 1. The number of para-hydroxylation sites is 1. The van der Waals surface area contributed by atoms with Crippen LogP contribution >= 0.6 is 11.8 Å². The highest BCUT2D eigenvalue weighted by molar-refractivity contribution is 8.14. The van der Waals surface area contributed by atoms with Gasteiger partial charge in [0.15, 0.2) is 5.17 Å². The number of anilines is 1. The van der Waals surface area contributed by atoms with Gasteiger partial charge in [0.2, 0.25) is 5.91 Å². The van der Waals surface area contributed by atoms with Crippen LogP contribution < -0.4 is 5.32 Å². The minimum atomic E-state index is -0.448. The summed E-state index contributed by atoms with van der Waals surface area (Å²) < 4.78 is 0. The Morgan fingerprint density at radius 3 is 2.75 bits per heavy atom. The molecule has 0 fully saturated rings. The quantitative estimate of drug-likeness (QED) is 0.866. The lowest BCUT2D eigenvalue weighted by atomic mass is 10.1. The number of amides is 2. The molecule has 4 rings (SSSR count). The van der Waals surface area contributed by atoms with Gasteiger partial charge in [-0.2, -0.15) is 0 Å². The number of thioether (sulfide) groups is 1. The molecule has 0 saturated carbocycles. The van der Waals surface area contributed by atoms with Crippen molar-refractivity contribution in [2.75, 3.05) is 11.1 Å². The summed E-state index contributed by atoms with van der Waals surface area (Å²) in [6.07, 6.45) is 0. The van der Waals surface area contributed by atoms with Crippen LogP contribution in [0, 0.1) is 13.8 Å². The number of hydrogen-bond acceptors (Lipinski definition) is 5. The Bertz CT molecular complexity index is 1040. The van der Waals surface area contributed by atoms with Crippen molar-refractivity contribution in [2.45, 2.75) is 26.8 Å². The van der Waals surface area contributed by atoms with Gasteiger partial charge in [0, 0.05) is 11.3 Å². The van der Waals surface area contributed by atoms with Crippen LogP contribution in [-0.2, 0) is 9.59 Å². The molecule has 1 atom stereocenters. The van der Waals surface area contributed by atoms with Crippen LogP contribution in [0.25, 0.3) is 0 Å². The molecule has 0 radical (unpaired) electrons. The SMILES string of the molecule is Cc1ccc(NC(=O)CSC2=Nc3ccccc3C3=NC(C)C(=O)N23)cc1C. The van der Waals surface area contributed by atoms with E-state index in [9.17, 15) is 9.59 Å². The van der Waals surface area contributed by atoms with Crippen molar-refractivity contribution in [1.29, 1.82) is 0 Å². The Hall–Kier alpha value is -2.93. The number of aliphatic imine (C=N–C) groups is 2. The molecule has 2 aliphatic heterocycles. The number of amidine groups is 2. The number of rotatable bonds is 3. The zero-order chi connectivity index (χ0) is 19.8. The van der Waals surface area contributed by atoms with Gasteiger partial charge in [-0.1, -0.05) is 30.0 Å².